The summed E-state index contributed by atoms with van der Waals surface area (Å²) in [4.78, 5) is 29.5. The van der Waals surface area contributed by atoms with Crippen LogP contribution >= 0.6 is 11.8 Å². The molecule has 0 aromatic heterocycles. The van der Waals surface area contributed by atoms with E-state index < -0.39 is 11.8 Å². The van der Waals surface area contributed by atoms with Crippen molar-refractivity contribution in [3.63, 3.8) is 0 Å². The van der Waals surface area contributed by atoms with Crippen LogP contribution in [0.2, 0.25) is 0 Å². The summed E-state index contributed by atoms with van der Waals surface area (Å²) in [5.41, 5.74) is 3.32. The molecule has 2 unspecified atom stereocenters. The van der Waals surface area contributed by atoms with Gasteiger partial charge in [0, 0.05) is 23.6 Å². The Hall–Kier alpha value is -3.37. The summed E-state index contributed by atoms with van der Waals surface area (Å²) >= 11 is 1.23. The number of rotatable bonds is 7. The van der Waals surface area contributed by atoms with Gasteiger partial charge in [-0.05, 0) is 43.0 Å². The predicted molar refractivity (Wildman–Crippen MR) is 131 cm³/mol. The van der Waals surface area contributed by atoms with E-state index in [1.165, 1.54) is 11.8 Å². The molecule has 4 rings (SSSR count). The highest BCUT2D eigenvalue weighted by molar-refractivity contribution is 8.14. The second-order valence-corrected chi connectivity index (χ2v) is 9.10. The number of carbonyl (C=O) groups excluding carboxylic acids is 2. The van der Waals surface area contributed by atoms with Crippen LogP contribution in [0.15, 0.2) is 70.9 Å². The lowest BCUT2D eigenvalue weighted by atomic mass is 9.74. The standard InChI is InChI=1S/C27H26N2O4S/c1-2-32-24(31)17-34-27-21(15-28)25(26-22(29-27)9-6-10-23(26)30)19-11-13-20(14-12-19)33-16-18-7-4-3-5-8-18/h3-5,7-8,11-14,21,25H,2,6,9-10,16-17H2,1H3. The fourth-order valence-electron chi connectivity index (χ4n) is 4.29. The van der Waals surface area contributed by atoms with Crippen LogP contribution in [0.3, 0.4) is 0 Å². The summed E-state index contributed by atoms with van der Waals surface area (Å²) in [6.45, 7) is 2.52. The number of nitriles is 1. The molecule has 1 heterocycles. The molecular weight excluding hydrogens is 448 g/mol. The van der Waals surface area contributed by atoms with E-state index in [4.69, 9.17) is 9.47 Å². The van der Waals surface area contributed by atoms with E-state index >= 15 is 0 Å². The molecule has 7 heteroatoms. The number of ether oxygens (including phenoxy) is 2. The van der Waals surface area contributed by atoms with Crippen LogP contribution in [0, 0.1) is 17.2 Å². The van der Waals surface area contributed by atoms with E-state index in [0.29, 0.717) is 42.4 Å². The minimum absolute atomic E-state index is 0.0501. The summed E-state index contributed by atoms with van der Waals surface area (Å²) in [6.07, 6.45) is 1.90. The predicted octanol–water partition coefficient (Wildman–Crippen LogP) is 5.20. The number of thioether (sulfide) groups is 1. The van der Waals surface area contributed by atoms with E-state index in [1.54, 1.807) is 6.92 Å². The molecule has 34 heavy (non-hydrogen) atoms. The number of allylic oxidation sites excluding steroid dienone is 2. The van der Waals surface area contributed by atoms with Crippen molar-refractivity contribution in [1.82, 2.24) is 0 Å². The molecule has 0 bridgehead atoms. The van der Waals surface area contributed by atoms with E-state index in [9.17, 15) is 14.9 Å². The highest BCUT2D eigenvalue weighted by Crippen LogP contribution is 2.45. The minimum Gasteiger partial charge on any atom is -0.489 e. The molecule has 174 valence electrons. The fourth-order valence-corrected chi connectivity index (χ4v) is 5.18. The Labute approximate surface area is 203 Å². The van der Waals surface area contributed by atoms with E-state index in [2.05, 4.69) is 11.1 Å². The summed E-state index contributed by atoms with van der Waals surface area (Å²) in [5, 5.41) is 10.7. The normalized spacial score (nSPS) is 19.6. The maximum absolute atomic E-state index is 12.9. The Morgan fingerprint density at radius 3 is 2.62 bits per heavy atom. The average molecular weight is 475 g/mol. The lowest BCUT2D eigenvalue weighted by molar-refractivity contribution is -0.139. The number of Topliss-reactive ketones (excluding diaryl/α,β-unsaturated/α-hetero) is 1. The van der Waals surface area contributed by atoms with Gasteiger partial charge in [-0.1, -0.05) is 54.2 Å². The lowest BCUT2D eigenvalue weighted by Crippen LogP contribution is -2.31. The molecule has 0 amide bonds. The van der Waals surface area contributed by atoms with E-state index in [0.717, 1.165) is 23.2 Å². The van der Waals surface area contributed by atoms with Crippen LogP contribution in [0.4, 0.5) is 0 Å². The molecule has 0 N–H and O–H groups in total. The van der Waals surface area contributed by atoms with Gasteiger partial charge in [0.2, 0.25) is 0 Å². The van der Waals surface area contributed by atoms with E-state index in [1.807, 2.05) is 54.6 Å². The third-order valence-electron chi connectivity index (χ3n) is 5.85. The molecule has 2 aromatic carbocycles. The number of nitrogens with zero attached hydrogens (tertiary/aromatic N) is 2. The maximum Gasteiger partial charge on any atom is 0.316 e. The number of hydrogen-bond donors (Lipinski definition) is 0. The lowest BCUT2D eigenvalue weighted by Gasteiger charge is -2.33. The number of esters is 1. The summed E-state index contributed by atoms with van der Waals surface area (Å²) < 4.78 is 10.9. The van der Waals surface area contributed by atoms with Gasteiger partial charge in [0.05, 0.1) is 23.5 Å². The maximum atomic E-state index is 12.9. The number of benzene rings is 2. The Kier molecular flexibility index (Phi) is 7.81. The molecule has 0 saturated heterocycles. The Bertz CT molecular complexity index is 1150. The third-order valence-corrected chi connectivity index (χ3v) is 6.88. The molecule has 2 aromatic rings. The number of ketones is 1. The van der Waals surface area contributed by atoms with Gasteiger partial charge in [-0.2, -0.15) is 5.26 Å². The van der Waals surface area contributed by atoms with E-state index in [-0.39, 0.29) is 17.5 Å². The Morgan fingerprint density at radius 1 is 1.15 bits per heavy atom. The third kappa shape index (κ3) is 5.40. The van der Waals surface area contributed by atoms with Gasteiger partial charge < -0.3 is 9.47 Å². The first-order valence-corrected chi connectivity index (χ1v) is 12.4. The van der Waals surface area contributed by atoms with Gasteiger partial charge in [0.1, 0.15) is 18.3 Å². The van der Waals surface area contributed by atoms with Crippen LogP contribution in [-0.4, -0.2) is 29.2 Å². The molecule has 2 atom stereocenters. The summed E-state index contributed by atoms with van der Waals surface area (Å²) in [7, 11) is 0. The smallest absolute Gasteiger partial charge is 0.316 e. The fraction of sp³-hybridized carbons (Fsp3) is 0.333. The molecule has 1 aliphatic heterocycles. The first-order chi connectivity index (χ1) is 16.6. The van der Waals surface area contributed by atoms with Crippen LogP contribution in [0.1, 0.15) is 43.2 Å². The van der Waals surface area contributed by atoms with Crippen LogP contribution in [0.5, 0.6) is 5.75 Å². The van der Waals surface area contributed by atoms with Crippen LogP contribution in [-0.2, 0) is 20.9 Å². The highest BCUT2D eigenvalue weighted by Gasteiger charge is 2.40. The van der Waals surface area contributed by atoms with Gasteiger partial charge in [-0.25, -0.2) is 4.99 Å². The second-order valence-electron chi connectivity index (χ2n) is 8.11. The van der Waals surface area contributed by atoms with Crippen molar-refractivity contribution >= 4 is 28.6 Å². The number of carbonyl (C=O) groups is 2. The monoisotopic (exact) mass is 474 g/mol. The van der Waals surface area contributed by atoms with Crippen LogP contribution in [0.25, 0.3) is 0 Å². The van der Waals surface area contributed by atoms with Crippen molar-refractivity contribution in [3.05, 3.63) is 77.0 Å². The number of hydrogen-bond acceptors (Lipinski definition) is 7. The van der Waals surface area contributed by atoms with Crippen molar-refractivity contribution in [1.29, 1.82) is 5.26 Å². The molecule has 0 radical (unpaired) electrons. The van der Waals surface area contributed by atoms with Gasteiger partial charge >= 0.3 is 5.97 Å². The zero-order valence-corrected chi connectivity index (χ0v) is 19.8. The average Bonchev–Trinajstić information content (AvgIpc) is 2.86. The SMILES string of the molecule is CCOC(=O)CSC1=NC2=C(C(=O)CCC2)C(c2ccc(OCc3ccccc3)cc2)C1C#N. The molecule has 0 saturated carbocycles. The first kappa shape index (κ1) is 23.8. The molecule has 0 fully saturated rings. The van der Waals surface area contributed by atoms with Crippen molar-refractivity contribution in [2.45, 2.75) is 38.7 Å². The highest BCUT2D eigenvalue weighted by atomic mass is 32.2. The first-order valence-electron chi connectivity index (χ1n) is 11.4. The van der Waals surface area contributed by atoms with Gasteiger partial charge in [-0.15, -0.1) is 0 Å². The van der Waals surface area contributed by atoms with Crippen molar-refractivity contribution < 1.29 is 19.1 Å². The van der Waals surface area contributed by atoms with Crippen molar-refractivity contribution in [2.75, 3.05) is 12.4 Å². The Morgan fingerprint density at radius 2 is 1.91 bits per heavy atom. The topological polar surface area (TPSA) is 88.8 Å². The zero-order chi connectivity index (χ0) is 23.9. The molecule has 0 spiro atoms. The van der Waals surface area contributed by atoms with Gasteiger partial charge in [0.25, 0.3) is 0 Å². The summed E-state index contributed by atoms with van der Waals surface area (Å²) in [5.74, 6) is -0.557. The van der Waals surface area contributed by atoms with Crippen molar-refractivity contribution in [3.8, 4) is 11.8 Å². The molecular formula is C27H26N2O4S. The minimum atomic E-state index is -0.642. The molecule has 1 aliphatic carbocycles. The van der Waals surface area contributed by atoms with Crippen molar-refractivity contribution in [2.24, 2.45) is 10.9 Å². The van der Waals surface area contributed by atoms with Gasteiger partial charge in [0.15, 0.2) is 5.78 Å². The van der Waals surface area contributed by atoms with Gasteiger partial charge in [-0.3, -0.25) is 9.59 Å². The molecule has 6 nitrogen and oxygen atoms in total. The Balaban J connectivity index is 1.59. The quantitative estimate of drug-likeness (QED) is 0.512. The largest absolute Gasteiger partial charge is 0.489 e. The molecule has 2 aliphatic rings. The summed E-state index contributed by atoms with van der Waals surface area (Å²) in [6, 6.07) is 19.8. The second kappa shape index (κ2) is 11.2. The zero-order valence-electron chi connectivity index (χ0n) is 19.0. The van der Waals surface area contributed by atoms with Crippen LogP contribution < -0.4 is 4.74 Å². The number of aliphatic imine (C=N–C) groups is 1.